The smallest absolute Gasteiger partial charge is 0.248 e. The van der Waals surface area contributed by atoms with E-state index >= 15 is 0 Å². The first-order valence-corrected chi connectivity index (χ1v) is 13.9. The molecule has 2 aromatic carbocycles. The maximum absolute atomic E-state index is 13.8. The zero-order chi connectivity index (χ0) is 27.3. The molecule has 3 rings (SSSR count). The number of nitrogens with one attached hydrogen (secondary N) is 1. The summed E-state index contributed by atoms with van der Waals surface area (Å²) in [6.45, 7) is 5.21. The monoisotopic (exact) mass is 534 g/mol. The van der Waals surface area contributed by atoms with E-state index in [9.17, 15) is 23.2 Å². The predicted octanol–water partition coefficient (Wildman–Crippen LogP) is 2.17. The molecule has 1 aliphatic heterocycles. The van der Waals surface area contributed by atoms with E-state index in [0.717, 1.165) is 15.4 Å². The van der Waals surface area contributed by atoms with Crippen LogP contribution in [-0.4, -0.2) is 88.6 Å². The lowest BCUT2D eigenvalue weighted by Gasteiger charge is -2.35. The molecular weight excluding hydrogens is 496 g/mol. The van der Waals surface area contributed by atoms with Crippen molar-refractivity contribution in [3.8, 4) is 0 Å². The van der Waals surface area contributed by atoms with Gasteiger partial charge in [-0.15, -0.1) is 0 Å². The molecule has 10 nitrogen and oxygen atoms in total. The number of hydrogen-bond acceptors (Lipinski definition) is 7. The van der Waals surface area contributed by atoms with Crippen LogP contribution in [0.5, 0.6) is 0 Å². The van der Waals surface area contributed by atoms with Gasteiger partial charge in [0.15, 0.2) is 0 Å². The van der Waals surface area contributed by atoms with Gasteiger partial charge in [-0.05, 0) is 24.5 Å². The molecular formula is C26H38N4O6S. The molecule has 11 heteroatoms. The van der Waals surface area contributed by atoms with Gasteiger partial charge in [0, 0.05) is 57.2 Å². The van der Waals surface area contributed by atoms with Crippen LogP contribution in [-0.2, 0) is 24.3 Å². The number of morpholine rings is 1. The molecule has 0 saturated carbocycles. The second kappa shape index (κ2) is 12.2. The number of fused-ring (bicyclic) bond motifs is 1. The van der Waals surface area contributed by atoms with Crippen LogP contribution in [0.25, 0.3) is 10.8 Å². The Morgan fingerprint density at radius 2 is 1.65 bits per heavy atom. The highest BCUT2D eigenvalue weighted by atomic mass is 32.2. The number of nitrogens with zero attached hydrogens (tertiary/aromatic N) is 3. The lowest BCUT2D eigenvalue weighted by atomic mass is 9.83. The van der Waals surface area contributed by atoms with Crippen LogP contribution < -0.4 is 10.4 Å². The summed E-state index contributed by atoms with van der Waals surface area (Å²) in [7, 11) is 1.13. The van der Waals surface area contributed by atoms with Crippen molar-refractivity contribution < 1.29 is 28.0 Å². The van der Waals surface area contributed by atoms with Crippen molar-refractivity contribution in [1.29, 1.82) is 0 Å². The Bertz CT molecular complexity index is 1210. The SMILES string of the molecule is CC(C)C[C@@H](C(=O)N1CCOCC1)[C@@H](CN(C)S(=O)(=O)c1cccc2c(N(C)C)cccc12)C(=O)NO. The van der Waals surface area contributed by atoms with Crippen molar-refractivity contribution >= 4 is 38.3 Å². The maximum atomic E-state index is 13.8. The van der Waals surface area contributed by atoms with E-state index in [4.69, 9.17) is 4.74 Å². The van der Waals surface area contributed by atoms with Gasteiger partial charge in [-0.1, -0.05) is 38.1 Å². The molecule has 1 aliphatic rings. The Kier molecular flexibility index (Phi) is 9.51. The highest BCUT2D eigenvalue weighted by Crippen LogP contribution is 2.32. The van der Waals surface area contributed by atoms with Gasteiger partial charge in [-0.2, -0.15) is 0 Å². The number of carbonyl (C=O) groups excluding carboxylic acids is 2. The highest BCUT2D eigenvalue weighted by Gasteiger charge is 2.39. The van der Waals surface area contributed by atoms with Gasteiger partial charge in [0.25, 0.3) is 0 Å². The fourth-order valence-electron chi connectivity index (χ4n) is 4.86. The minimum absolute atomic E-state index is 0.0634. The first kappa shape index (κ1) is 28.8. The Hall–Kier alpha value is -2.73. The maximum Gasteiger partial charge on any atom is 0.248 e. The topological polar surface area (TPSA) is 119 Å². The molecule has 0 aliphatic carbocycles. The highest BCUT2D eigenvalue weighted by molar-refractivity contribution is 7.89. The van der Waals surface area contributed by atoms with Crippen LogP contribution in [0, 0.1) is 17.8 Å². The van der Waals surface area contributed by atoms with Gasteiger partial charge in [0.2, 0.25) is 21.8 Å². The zero-order valence-electron chi connectivity index (χ0n) is 22.2. The van der Waals surface area contributed by atoms with Crippen molar-refractivity contribution in [3.05, 3.63) is 36.4 Å². The van der Waals surface area contributed by atoms with E-state index in [1.807, 2.05) is 45.0 Å². The molecule has 0 unspecified atom stereocenters. The van der Waals surface area contributed by atoms with E-state index in [1.54, 1.807) is 34.6 Å². The Morgan fingerprint density at radius 1 is 1.03 bits per heavy atom. The Balaban J connectivity index is 1.99. The molecule has 37 heavy (non-hydrogen) atoms. The number of hydroxylamine groups is 1. The van der Waals surface area contributed by atoms with Crippen LogP contribution in [0.1, 0.15) is 20.3 Å². The van der Waals surface area contributed by atoms with Crippen LogP contribution >= 0.6 is 0 Å². The fraction of sp³-hybridized carbons (Fsp3) is 0.538. The van der Waals surface area contributed by atoms with Crippen molar-refractivity contribution in [2.24, 2.45) is 17.8 Å². The Morgan fingerprint density at radius 3 is 2.24 bits per heavy atom. The number of amides is 2. The zero-order valence-corrected chi connectivity index (χ0v) is 23.0. The predicted molar refractivity (Wildman–Crippen MR) is 142 cm³/mol. The van der Waals surface area contributed by atoms with Gasteiger partial charge in [-0.25, -0.2) is 18.2 Å². The third-order valence-corrected chi connectivity index (χ3v) is 8.66. The van der Waals surface area contributed by atoms with Crippen molar-refractivity contribution in [1.82, 2.24) is 14.7 Å². The van der Waals surface area contributed by atoms with E-state index in [2.05, 4.69) is 0 Å². The van der Waals surface area contributed by atoms with E-state index in [-0.39, 0.29) is 23.3 Å². The largest absolute Gasteiger partial charge is 0.378 e. The molecule has 0 spiro atoms. The molecule has 2 amide bonds. The molecule has 2 atom stereocenters. The lowest BCUT2D eigenvalue weighted by molar-refractivity contribution is -0.148. The van der Waals surface area contributed by atoms with Gasteiger partial charge >= 0.3 is 0 Å². The number of sulfonamides is 1. The van der Waals surface area contributed by atoms with Crippen LogP contribution in [0.3, 0.4) is 0 Å². The summed E-state index contributed by atoms with van der Waals surface area (Å²) >= 11 is 0. The standard InChI is InChI=1S/C26H38N4O6S/c1-18(2)16-21(26(32)30-12-14-36-15-13-30)22(25(31)27-33)17-29(5)37(34,35)24-11-7-8-19-20(24)9-6-10-23(19)28(3)4/h6-11,18,21-22,33H,12-17H2,1-5H3,(H,27,31)/t21-,22-/m1/s1. The van der Waals surface area contributed by atoms with E-state index < -0.39 is 27.8 Å². The lowest BCUT2D eigenvalue weighted by Crippen LogP contribution is -2.50. The number of hydrogen-bond donors (Lipinski definition) is 2. The molecule has 2 aromatic rings. The van der Waals surface area contributed by atoms with Crippen molar-refractivity contribution in [2.75, 3.05) is 58.9 Å². The molecule has 1 heterocycles. The molecule has 0 bridgehead atoms. The summed E-state index contributed by atoms with van der Waals surface area (Å²) in [5.41, 5.74) is 2.54. The van der Waals surface area contributed by atoms with Gasteiger partial charge in [0.05, 0.1) is 29.9 Å². The first-order chi connectivity index (χ1) is 17.5. The molecule has 1 fully saturated rings. The molecule has 204 valence electrons. The summed E-state index contributed by atoms with van der Waals surface area (Å²) in [4.78, 5) is 30.1. The second-order valence-corrected chi connectivity index (χ2v) is 12.1. The minimum atomic E-state index is -4.05. The first-order valence-electron chi connectivity index (χ1n) is 12.4. The number of benzene rings is 2. The fourth-order valence-corrected chi connectivity index (χ4v) is 6.26. The second-order valence-electron chi connectivity index (χ2n) is 10.1. The van der Waals surface area contributed by atoms with E-state index in [0.29, 0.717) is 38.1 Å². The third-order valence-electron chi connectivity index (χ3n) is 6.78. The normalized spacial score (nSPS) is 16.2. The molecule has 0 radical (unpaired) electrons. The molecule has 1 saturated heterocycles. The van der Waals surface area contributed by atoms with Gasteiger partial charge in [0.1, 0.15) is 0 Å². The summed E-state index contributed by atoms with van der Waals surface area (Å²) in [6, 6.07) is 10.6. The Labute approximate surface area is 219 Å². The molecule has 0 aromatic heterocycles. The van der Waals surface area contributed by atoms with Crippen LogP contribution in [0.15, 0.2) is 41.3 Å². The summed E-state index contributed by atoms with van der Waals surface area (Å²) in [5, 5.41) is 10.9. The quantitative estimate of drug-likeness (QED) is 0.354. The van der Waals surface area contributed by atoms with E-state index in [1.165, 1.54) is 7.05 Å². The number of carbonyl (C=O) groups is 2. The van der Waals surface area contributed by atoms with Crippen LogP contribution in [0.2, 0.25) is 0 Å². The summed E-state index contributed by atoms with van der Waals surface area (Å²) < 4.78 is 34.0. The minimum Gasteiger partial charge on any atom is -0.378 e. The summed E-state index contributed by atoms with van der Waals surface area (Å²) in [5.74, 6) is -2.86. The number of anilines is 1. The van der Waals surface area contributed by atoms with Gasteiger partial charge < -0.3 is 14.5 Å². The van der Waals surface area contributed by atoms with Crippen LogP contribution in [0.4, 0.5) is 5.69 Å². The average Bonchev–Trinajstić information content (AvgIpc) is 2.89. The number of ether oxygens (including phenoxy) is 1. The number of rotatable bonds is 10. The van der Waals surface area contributed by atoms with Crippen molar-refractivity contribution in [3.63, 3.8) is 0 Å². The van der Waals surface area contributed by atoms with Crippen molar-refractivity contribution in [2.45, 2.75) is 25.2 Å². The third kappa shape index (κ3) is 6.40. The molecule has 2 N–H and O–H groups in total. The van der Waals surface area contributed by atoms with Gasteiger partial charge in [-0.3, -0.25) is 14.8 Å². The average molecular weight is 535 g/mol. The summed E-state index contributed by atoms with van der Waals surface area (Å²) in [6.07, 6.45) is 0.364.